The molecule has 0 radical (unpaired) electrons. The van der Waals surface area contributed by atoms with Gasteiger partial charge in [0.15, 0.2) is 0 Å². The first-order chi connectivity index (χ1) is 13.5. The van der Waals surface area contributed by atoms with Crippen molar-refractivity contribution in [1.82, 2.24) is 10.2 Å². The van der Waals surface area contributed by atoms with Gasteiger partial charge in [-0.2, -0.15) is 0 Å². The van der Waals surface area contributed by atoms with Crippen molar-refractivity contribution < 1.29 is 4.79 Å². The summed E-state index contributed by atoms with van der Waals surface area (Å²) >= 11 is 6.13. The zero-order valence-electron chi connectivity index (χ0n) is 16.6. The summed E-state index contributed by atoms with van der Waals surface area (Å²) in [5.41, 5.74) is 3.01. The number of carbonyl (C=O) groups is 1. The van der Waals surface area contributed by atoms with Crippen LogP contribution in [-0.4, -0.2) is 44.0 Å². The van der Waals surface area contributed by atoms with Crippen molar-refractivity contribution in [2.24, 2.45) is 0 Å². The summed E-state index contributed by atoms with van der Waals surface area (Å²) in [5.74, 6) is 0.102. The number of piperazine rings is 1. The molecule has 2 aromatic carbocycles. The minimum absolute atomic E-state index is 0.0225. The lowest BCUT2D eigenvalue weighted by Crippen LogP contribution is -2.44. The van der Waals surface area contributed by atoms with E-state index in [0.717, 1.165) is 50.1 Å². The number of likely N-dealkylation sites (N-methyl/N-ethyl adjacent to an activating group) is 1. The van der Waals surface area contributed by atoms with Crippen LogP contribution in [-0.2, 0) is 10.2 Å². The number of halogens is 1. The van der Waals surface area contributed by atoms with Crippen molar-refractivity contribution in [3.8, 4) is 0 Å². The van der Waals surface area contributed by atoms with Gasteiger partial charge in [-0.3, -0.25) is 4.79 Å². The highest BCUT2D eigenvalue weighted by atomic mass is 35.5. The predicted octanol–water partition coefficient (Wildman–Crippen LogP) is 4.00. The zero-order chi connectivity index (χ0) is 19.7. The maximum absolute atomic E-state index is 13.0. The standard InChI is InChI=1S/C23H28ClN3O/c1-17(18-6-8-21(9-7-18)27-14-12-26(2)13-15-27)25-22(28)23(10-11-23)19-4-3-5-20(24)16-19/h3-9,16-17H,10-15H2,1-2H3,(H,25,28)/t17-/m1/s1. The largest absolute Gasteiger partial charge is 0.369 e. The Balaban J connectivity index is 1.41. The third-order valence-electron chi connectivity index (χ3n) is 6.17. The van der Waals surface area contributed by atoms with E-state index in [9.17, 15) is 4.79 Å². The van der Waals surface area contributed by atoms with Gasteiger partial charge >= 0.3 is 0 Å². The van der Waals surface area contributed by atoms with Crippen LogP contribution in [0.2, 0.25) is 5.02 Å². The summed E-state index contributed by atoms with van der Waals surface area (Å²) in [5, 5.41) is 3.90. The van der Waals surface area contributed by atoms with Crippen LogP contribution in [0.1, 0.15) is 36.9 Å². The number of hydrogen-bond donors (Lipinski definition) is 1. The van der Waals surface area contributed by atoms with E-state index in [1.54, 1.807) is 0 Å². The van der Waals surface area contributed by atoms with Gasteiger partial charge in [0.2, 0.25) is 5.91 Å². The Morgan fingerprint density at radius 2 is 1.75 bits per heavy atom. The van der Waals surface area contributed by atoms with Gasteiger partial charge in [-0.1, -0.05) is 35.9 Å². The summed E-state index contributed by atoms with van der Waals surface area (Å²) in [6, 6.07) is 16.3. The second kappa shape index (κ2) is 7.76. The van der Waals surface area contributed by atoms with Gasteiger partial charge in [-0.25, -0.2) is 0 Å². The van der Waals surface area contributed by atoms with Crippen LogP contribution < -0.4 is 10.2 Å². The molecule has 1 N–H and O–H groups in total. The fourth-order valence-corrected chi connectivity index (χ4v) is 4.20. The van der Waals surface area contributed by atoms with E-state index in [1.165, 1.54) is 5.69 Å². The van der Waals surface area contributed by atoms with Crippen LogP contribution in [0.3, 0.4) is 0 Å². The van der Waals surface area contributed by atoms with Crippen LogP contribution in [0.15, 0.2) is 48.5 Å². The van der Waals surface area contributed by atoms with Crippen molar-refractivity contribution in [2.45, 2.75) is 31.2 Å². The number of benzene rings is 2. The van der Waals surface area contributed by atoms with Crippen LogP contribution >= 0.6 is 11.6 Å². The van der Waals surface area contributed by atoms with Gasteiger partial charge in [0, 0.05) is 36.9 Å². The highest BCUT2D eigenvalue weighted by Crippen LogP contribution is 2.49. The van der Waals surface area contributed by atoms with E-state index >= 15 is 0 Å². The van der Waals surface area contributed by atoms with Gasteiger partial charge in [0.05, 0.1) is 11.5 Å². The lowest BCUT2D eigenvalue weighted by Gasteiger charge is -2.34. The second-order valence-electron chi connectivity index (χ2n) is 8.17. The zero-order valence-corrected chi connectivity index (χ0v) is 17.4. The summed E-state index contributed by atoms with van der Waals surface area (Å²) in [6.45, 7) is 6.37. The van der Waals surface area contributed by atoms with Gasteiger partial charge in [0.1, 0.15) is 0 Å². The van der Waals surface area contributed by atoms with E-state index in [1.807, 2.05) is 24.3 Å². The molecular weight excluding hydrogens is 370 g/mol. The van der Waals surface area contributed by atoms with Crippen LogP contribution in [0.4, 0.5) is 5.69 Å². The fraction of sp³-hybridized carbons (Fsp3) is 0.435. The molecule has 0 aromatic heterocycles. The van der Waals surface area contributed by atoms with Crippen molar-refractivity contribution in [3.05, 3.63) is 64.7 Å². The monoisotopic (exact) mass is 397 g/mol. The predicted molar refractivity (Wildman–Crippen MR) is 115 cm³/mol. The number of anilines is 1. The SMILES string of the molecule is C[C@@H](NC(=O)C1(c2cccc(Cl)c2)CC1)c1ccc(N2CCN(C)CC2)cc1. The van der Waals surface area contributed by atoms with Gasteiger partial charge in [0.25, 0.3) is 0 Å². The average Bonchev–Trinajstić information content (AvgIpc) is 3.51. The van der Waals surface area contributed by atoms with Crippen molar-refractivity contribution in [1.29, 1.82) is 0 Å². The molecule has 2 aromatic rings. The molecule has 1 saturated carbocycles. The lowest BCUT2D eigenvalue weighted by molar-refractivity contribution is -0.124. The minimum Gasteiger partial charge on any atom is -0.369 e. The van der Waals surface area contributed by atoms with Crippen molar-refractivity contribution in [2.75, 3.05) is 38.1 Å². The molecule has 5 heteroatoms. The molecule has 4 nitrogen and oxygen atoms in total. The van der Waals surface area contributed by atoms with Crippen LogP contribution in [0, 0.1) is 0 Å². The Kier molecular flexibility index (Phi) is 5.35. The number of nitrogens with zero attached hydrogens (tertiary/aromatic N) is 2. The van der Waals surface area contributed by atoms with Crippen molar-refractivity contribution >= 4 is 23.2 Å². The van der Waals surface area contributed by atoms with Gasteiger partial charge in [-0.15, -0.1) is 0 Å². The Morgan fingerprint density at radius 3 is 2.36 bits per heavy atom. The molecule has 1 aliphatic carbocycles. The molecule has 2 aliphatic rings. The van der Waals surface area contributed by atoms with Crippen LogP contribution in [0.5, 0.6) is 0 Å². The smallest absolute Gasteiger partial charge is 0.231 e. The number of nitrogens with one attached hydrogen (secondary N) is 1. The normalized spacial score (nSPS) is 19.9. The average molecular weight is 398 g/mol. The highest BCUT2D eigenvalue weighted by molar-refractivity contribution is 6.30. The molecule has 1 amide bonds. The molecule has 1 saturated heterocycles. The molecule has 148 valence electrons. The van der Waals surface area contributed by atoms with E-state index in [2.05, 4.69) is 53.4 Å². The topological polar surface area (TPSA) is 35.6 Å². The van der Waals surface area contributed by atoms with E-state index in [-0.39, 0.29) is 11.9 Å². The molecule has 0 bridgehead atoms. The summed E-state index contributed by atoms with van der Waals surface area (Å²) < 4.78 is 0. The summed E-state index contributed by atoms with van der Waals surface area (Å²) in [7, 11) is 2.17. The number of rotatable bonds is 5. The Morgan fingerprint density at radius 1 is 1.07 bits per heavy atom. The molecule has 1 atom stereocenters. The quantitative estimate of drug-likeness (QED) is 0.828. The molecule has 4 rings (SSSR count). The van der Waals surface area contributed by atoms with Crippen molar-refractivity contribution in [3.63, 3.8) is 0 Å². The maximum Gasteiger partial charge on any atom is 0.231 e. The molecule has 2 fully saturated rings. The third-order valence-corrected chi connectivity index (χ3v) is 6.41. The van der Waals surface area contributed by atoms with Gasteiger partial charge < -0.3 is 15.1 Å². The fourth-order valence-electron chi connectivity index (χ4n) is 4.01. The first kappa shape index (κ1) is 19.3. The highest BCUT2D eigenvalue weighted by Gasteiger charge is 2.51. The summed E-state index contributed by atoms with van der Waals surface area (Å²) in [4.78, 5) is 17.8. The number of amides is 1. The molecule has 0 unspecified atom stereocenters. The van der Waals surface area contributed by atoms with Gasteiger partial charge in [-0.05, 0) is 62.2 Å². The van der Waals surface area contributed by atoms with E-state index < -0.39 is 5.41 Å². The van der Waals surface area contributed by atoms with Crippen LogP contribution in [0.25, 0.3) is 0 Å². The molecule has 1 heterocycles. The Labute approximate surface area is 172 Å². The molecular formula is C23H28ClN3O. The lowest BCUT2D eigenvalue weighted by atomic mass is 9.94. The number of hydrogen-bond acceptors (Lipinski definition) is 3. The Bertz CT molecular complexity index is 839. The first-order valence-corrected chi connectivity index (χ1v) is 10.5. The first-order valence-electron chi connectivity index (χ1n) is 10.1. The second-order valence-corrected chi connectivity index (χ2v) is 8.61. The molecule has 28 heavy (non-hydrogen) atoms. The Hall–Kier alpha value is -2.04. The van der Waals surface area contributed by atoms with E-state index in [4.69, 9.17) is 11.6 Å². The third kappa shape index (κ3) is 3.89. The minimum atomic E-state index is -0.404. The maximum atomic E-state index is 13.0. The van der Waals surface area contributed by atoms with E-state index in [0.29, 0.717) is 5.02 Å². The molecule has 0 spiro atoms. The summed E-state index contributed by atoms with van der Waals surface area (Å²) in [6.07, 6.45) is 1.77. The number of carbonyl (C=O) groups excluding carboxylic acids is 1. The molecule has 1 aliphatic heterocycles.